The van der Waals surface area contributed by atoms with Gasteiger partial charge in [0.15, 0.2) is 0 Å². The van der Waals surface area contributed by atoms with Crippen LogP contribution >= 0.6 is 0 Å². The summed E-state index contributed by atoms with van der Waals surface area (Å²) in [6, 6.07) is 10.7. The summed E-state index contributed by atoms with van der Waals surface area (Å²) >= 11 is 0. The van der Waals surface area contributed by atoms with Crippen LogP contribution < -0.4 is 19.5 Å². The van der Waals surface area contributed by atoms with Crippen molar-refractivity contribution in [3.8, 4) is 5.75 Å². The third-order valence-electron chi connectivity index (χ3n) is 4.53. The quantitative estimate of drug-likeness (QED) is 0.810. The van der Waals surface area contributed by atoms with E-state index in [1.165, 1.54) is 25.7 Å². The van der Waals surface area contributed by atoms with Crippen LogP contribution in [0.4, 0.5) is 11.4 Å². The van der Waals surface area contributed by atoms with E-state index in [0.717, 1.165) is 37.7 Å². The standard InChI is InChI=1S/C19H22N2O5S/c1-26-17-10-5-14(19(22)23)13-18(17)27(24,25)20-15-6-8-16(9-7-15)21-11-3-2-4-12-21/h5-10,13,20H,2-4,11-12H2,1H3,(H,22,23)/p-1. The molecule has 0 aromatic heterocycles. The van der Waals surface area contributed by atoms with Crippen LogP contribution in [-0.4, -0.2) is 34.6 Å². The second kappa shape index (κ2) is 7.87. The summed E-state index contributed by atoms with van der Waals surface area (Å²) in [6.45, 7) is 2.00. The summed E-state index contributed by atoms with van der Waals surface area (Å²) in [4.78, 5) is 13.1. The number of carboxylic acids is 1. The second-order valence-electron chi connectivity index (χ2n) is 6.35. The number of nitrogens with zero attached hydrogens (tertiary/aromatic N) is 1. The highest BCUT2D eigenvalue weighted by Crippen LogP contribution is 2.28. The molecule has 2 aromatic rings. The van der Waals surface area contributed by atoms with Crippen molar-refractivity contribution in [2.45, 2.75) is 24.2 Å². The topological polar surface area (TPSA) is 98.8 Å². The predicted molar refractivity (Wildman–Crippen MR) is 101 cm³/mol. The molecule has 0 spiro atoms. The van der Waals surface area contributed by atoms with Gasteiger partial charge in [-0.15, -0.1) is 0 Å². The molecule has 1 N–H and O–H groups in total. The van der Waals surface area contributed by atoms with Crippen LogP contribution in [0, 0.1) is 0 Å². The van der Waals surface area contributed by atoms with Gasteiger partial charge in [-0.25, -0.2) is 8.42 Å². The van der Waals surface area contributed by atoms with E-state index in [1.807, 2.05) is 12.1 Å². The summed E-state index contributed by atoms with van der Waals surface area (Å²) in [5, 5.41) is 11.1. The SMILES string of the molecule is COc1ccc(C(=O)[O-])cc1S(=O)(=O)Nc1ccc(N2CCCCC2)cc1. The van der Waals surface area contributed by atoms with E-state index in [4.69, 9.17) is 4.74 Å². The van der Waals surface area contributed by atoms with E-state index in [-0.39, 0.29) is 16.2 Å². The number of benzene rings is 2. The molecular formula is C19H21N2O5S-. The number of sulfonamides is 1. The molecule has 0 amide bonds. The molecule has 0 aliphatic carbocycles. The molecule has 0 unspecified atom stereocenters. The highest BCUT2D eigenvalue weighted by molar-refractivity contribution is 7.92. The van der Waals surface area contributed by atoms with E-state index in [0.29, 0.717) is 5.69 Å². The van der Waals surface area contributed by atoms with Crippen molar-refractivity contribution in [3.63, 3.8) is 0 Å². The molecule has 3 rings (SSSR count). The Balaban J connectivity index is 1.84. The first kappa shape index (κ1) is 19.0. The molecule has 144 valence electrons. The van der Waals surface area contributed by atoms with Crippen LogP contribution in [0.25, 0.3) is 0 Å². The lowest BCUT2D eigenvalue weighted by Crippen LogP contribution is -2.29. The van der Waals surface area contributed by atoms with Crippen molar-refractivity contribution in [3.05, 3.63) is 48.0 Å². The summed E-state index contributed by atoms with van der Waals surface area (Å²) in [7, 11) is -2.71. The van der Waals surface area contributed by atoms with Gasteiger partial charge in [-0.1, -0.05) is 0 Å². The van der Waals surface area contributed by atoms with Crippen LogP contribution in [0.15, 0.2) is 47.4 Å². The zero-order valence-corrected chi connectivity index (χ0v) is 15.8. The highest BCUT2D eigenvalue weighted by Gasteiger charge is 2.21. The van der Waals surface area contributed by atoms with Crippen molar-refractivity contribution in [1.29, 1.82) is 0 Å². The highest BCUT2D eigenvalue weighted by atomic mass is 32.2. The molecule has 1 aliphatic heterocycles. The van der Waals surface area contributed by atoms with E-state index >= 15 is 0 Å². The van der Waals surface area contributed by atoms with E-state index in [9.17, 15) is 18.3 Å². The van der Waals surface area contributed by atoms with Gasteiger partial charge < -0.3 is 19.5 Å². The monoisotopic (exact) mass is 389 g/mol. The number of ether oxygens (including phenoxy) is 1. The smallest absolute Gasteiger partial charge is 0.265 e. The van der Waals surface area contributed by atoms with Crippen molar-refractivity contribution in [2.24, 2.45) is 0 Å². The molecule has 0 saturated carbocycles. The normalized spacial score (nSPS) is 14.6. The number of nitrogens with one attached hydrogen (secondary N) is 1. The van der Waals surface area contributed by atoms with Gasteiger partial charge in [0.25, 0.3) is 10.0 Å². The first-order chi connectivity index (χ1) is 12.9. The average molecular weight is 389 g/mol. The van der Waals surface area contributed by atoms with Gasteiger partial charge in [-0.3, -0.25) is 4.72 Å². The fourth-order valence-electron chi connectivity index (χ4n) is 3.12. The Labute approximate surface area is 158 Å². The predicted octanol–water partition coefficient (Wildman–Crippen LogP) is 1.85. The van der Waals surface area contributed by atoms with Crippen LogP contribution in [0.3, 0.4) is 0 Å². The molecular weight excluding hydrogens is 368 g/mol. The van der Waals surface area contributed by atoms with Crippen LogP contribution in [0.2, 0.25) is 0 Å². The third kappa shape index (κ3) is 4.33. The maximum atomic E-state index is 12.7. The molecule has 0 bridgehead atoms. The fourth-order valence-corrected chi connectivity index (χ4v) is 4.37. The number of carbonyl (C=O) groups is 1. The number of carboxylic acid groups (broad SMARTS) is 1. The van der Waals surface area contributed by atoms with Crippen LogP contribution in [0.5, 0.6) is 5.75 Å². The van der Waals surface area contributed by atoms with E-state index in [1.54, 1.807) is 12.1 Å². The van der Waals surface area contributed by atoms with Gasteiger partial charge >= 0.3 is 0 Å². The number of anilines is 2. The molecule has 1 saturated heterocycles. The lowest BCUT2D eigenvalue weighted by atomic mass is 10.1. The molecule has 2 aromatic carbocycles. The first-order valence-corrected chi connectivity index (χ1v) is 10.2. The zero-order valence-electron chi connectivity index (χ0n) is 15.0. The minimum absolute atomic E-state index is 0.0532. The van der Waals surface area contributed by atoms with Gasteiger partial charge in [0, 0.05) is 24.5 Å². The van der Waals surface area contributed by atoms with Crippen molar-refractivity contribution >= 4 is 27.4 Å². The number of aromatic carboxylic acids is 1. The molecule has 1 fully saturated rings. The minimum atomic E-state index is -4.03. The molecule has 1 heterocycles. The summed E-state index contributed by atoms with van der Waals surface area (Å²) in [5.74, 6) is -1.41. The van der Waals surface area contributed by atoms with E-state index in [2.05, 4.69) is 9.62 Å². The number of hydrogen-bond donors (Lipinski definition) is 1. The maximum Gasteiger partial charge on any atom is 0.265 e. The fraction of sp³-hybridized carbons (Fsp3) is 0.316. The average Bonchev–Trinajstić information content (AvgIpc) is 2.68. The van der Waals surface area contributed by atoms with Crippen LogP contribution in [-0.2, 0) is 10.0 Å². The number of carbonyl (C=O) groups excluding carboxylic acids is 1. The third-order valence-corrected chi connectivity index (χ3v) is 5.93. The van der Waals surface area contributed by atoms with Gasteiger partial charge in [-0.05, 0) is 67.3 Å². The van der Waals surface area contributed by atoms with Crippen LogP contribution in [0.1, 0.15) is 29.6 Å². The van der Waals surface area contributed by atoms with Gasteiger partial charge in [0.2, 0.25) is 0 Å². The second-order valence-corrected chi connectivity index (χ2v) is 8.00. The Morgan fingerprint density at radius 3 is 2.33 bits per heavy atom. The molecule has 0 atom stereocenters. The lowest BCUT2D eigenvalue weighted by molar-refractivity contribution is -0.255. The van der Waals surface area contributed by atoms with Gasteiger partial charge in [-0.2, -0.15) is 0 Å². The molecule has 27 heavy (non-hydrogen) atoms. The number of hydrogen-bond acceptors (Lipinski definition) is 6. The molecule has 7 nitrogen and oxygen atoms in total. The Bertz CT molecular complexity index is 920. The Hall–Kier alpha value is -2.74. The summed E-state index contributed by atoms with van der Waals surface area (Å²) < 4.78 is 33.0. The van der Waals surface area contributed by atoms with Gasteiger partial charge in [0.05, 0.1) is 13.1 Å². The molecule has 8 heteroatoms. The van der Waals surface area contributed by atoms with E-state index < -0.39 is 16.0 Å². The van der Waals surface area contributed by atoms with Crippen molar-refractivity contribution < 1.29 is 23.1 Å². The Kier molecular flexibility index (Phi) is 5.55. The first-order valence-electron chi connectivity index (χ1n) is 8.68. The number of rotatable bonds is 6. The summed E-state index contributed by atoms with van der Waals surface area (Å²) in [6.07, 6.45) is 3.55. The largest absolute Gasteiger partial charge is 0.545 e. The number of methoxy groups -OCH3 is 1. The van der Waals surface area contributed by atoms with Crippen molar-refractivity contribution in [1.82, 2.24) is 0 Å². The number of piperidine rings is 1. The zero-order chi connectivity index (χ0) is 19.4. The Morgan fingerprint density at radius 1 is 1.07 bits per heavy atom. The Morgan fingerprint density at radius 2 is 1.74 bits per heavy atom. The maximum absolute atomic E-state index is 12.7. The van der Waals surface area contributed by atoms with Gasteiger partial charge in [0.1, 0.15) is 10.6 Å². The molecule has 1 aliphatic rings. The lowest BCUT2D eigenvalue weighted by Gasteiger charge is -2.28. The van der Waals surface area contributed by atoms with Crippen molar-refractivity contribution in [2.75, 3.05) is 29.8 Å². The summed E-state index contributed by atoms with van der Waals surface area (Å²) in [5.41, 5.74) is 1.20. The molecule has 0 radical (unpaired) electrons. The minimum Gasteiger partial charge on any atom is -0.545 e.